The van der Waals surface area contributed by atoms with Gasteiger partial charge in [0.15, 0.2) is 23.5 Å². The van der Waals surface area contributed by atoms with Crippen LogP contribution in [0.25, 0.3) is 0 Å². The smallest absolute Gasteiger partial charge is 0.185 e. The number of hydrogen-bond acceptors (Lipinski definition) is 9. The monoisotopic (exact) mass is 407 g/mol. The number of hydrogen-bond donors (Lipinski definition) is 4. The van der Waals surface area contributed by atoms with Gasteiger partial charge in [-0.25, -0.2) is 4.39 Å². The molecule has 0 radical (unpaired) electrons. The Kier molecular flexibility index (Phi) is 8.73. The first-order valence-corrected chi connectivity index (χ1v) is 8.75. The van der Waals surface area contributed by atoms with Gasteiger partial charge in [0.1, 0.15) is 11.6 Å². The number of furan rings is 1. The van der Waals surface area contributed by atoms with Crippen LogP contribution in [0, 0.1) is 16.1 Å². The molecule has 0 aliphatic rings. The lowest BCUT2D eigenvalue weighted by Gasteiger charge is -2.21. The van der Waals surface area contributed by atoms with Crippen LogP contribution in [0.4, 0.5) is 15.8 Å². The minimum atomic E-state index is -0.837. The fourth-order valence-electron chi connectivity index (χ4n) is 2.50. The molecule has 29 heavy (non-hydrogen) atoms. The third kappa shape index (κ3) is 6.66. The summed E-state index contributed by atoms with van der Waals surface area (Å²) >= 11 is 0. The van der Waals surface area contributed by atoms with E-state index in [1.807, 2.05) is 0 Å². The third-order valence-electron chi connectivity index (χ3n) is 3.97. The van der Waals surface area contributed by atoms with Crippen molar-refractivity contribution in [3.8, 4) is 0 Å². The van der Waals surface area contributed by atoms with Gasteiger partial charge in [-0.05, 0) is 30.3 Å². The van der Waals surface area contributed by atoms with E-state index in [2.05, 4.69) is 20.8 Å². The molecule has 0 saturated carbocycles. The molecule has 156 valence electrons. The van der Waals surface area contributed by atoms with Crippen LogP contribution in [0.1, 0.15) is 16.3 Å². The van der Waals surface area contributed by atoms with E-state index in [1.165, 1.54) is 17.0 Å². The molecular formula is C18H22FN5O5. The molecule has 2 rings (SSSR count). The summed E-state index contributed by atoms with van der Waals surface area (Å²) < 4.78 is 19.7. The summed E-state index contributed by atoms with van der Waals surface area (Å²) in [7, 11) is 0. The first kappa shape index (κ1) is 22.0. The number of carbonyl (C=O) groups excluding carboxylic acids is 1. The molecule has 0 saturated heterocycles. The number of rotatable bonds is 14. The van der Waals surface area contributed by atoms with Crippen molar-refractivity contribution in [2.24, 2.45) is 5.34 Å². The average molecular weight is 407 g/mol. The Morgan fingerprint density at radius 1 is 1.38 bits per heavy atom. The van der Waals surface area contributed by atoms with Crippen molar-refractivity contribution in [1.82, 2.24) is 5.32 Å². The highest BCUT2D eigenvalue weighted by atomic mass is 19.1. The Morgan fingerprint density at radius 3 is 2.83 bits per heavy atom. The second-order valence-corrected chi connectivity index (χ2v) is 5.95. The van der Waals surface area contributed by atoms with Crippen molar-refractivity contribution in [2.75, 3.05) is 36.5 Å². The van der Waals surface area contributed by atoms with E-state index in [-0.39, 0.29) is 18.0 Å². The van der Waals surface area contributed by atoms with Crippen molar-refractivity contribution >= 4 is 24.0 Å². The molecular weight excluding hydrogens is 385 g/mol. The zero-order chi connectivity index (χ0) is 21.1. The van der Waals surface area contributed by atoms with Gasteiger partial charge >= 0.3 is 0 Å². The second kappa shape index (κ2) is 11.5. The van der Waals surface area contributed by atoms with E-state index in [0.717, 1.165) is 6.34 Å². The number of aliphatic hydroxyl groups excluding tert-OH is 1. The number of aldehydes is 1. The zero-order valence-electron chi connectivity index (χ0n) is 15.5. The largest absolute Gasteiger partial charge is 0.457 e. The fraction of sp³-hybridized carbons (Fsp3) is 0.333. The number of halogens is 1. The number of carbonyl (C=O) groups is 1. The summed E-state index contributed by atoms with van der Waals surface area (Å²) in [6.07, 6.45) is 0.810. The average Bonchev–Trinajstić information content (AvgIpc) is 3.20. The molecule has 1 aromatic carbocycles. The molecule has 4 N–H and O–H groups in total. The molecule has 0 spiro atoms. The first-order valence-electron chi connectivity index (χ1n) is 8.75. The Bertz CT molecular complexity index is 816. The standard InChI is InChI=1S/C18H22FN5O5/c19-17-7-13(22-9-16(11-26)29-23-27)1-4-18(17)24(12-20)6-5-21-8-14-2-3-15(10-25)28-14/h1-4,7,10,12,16,20-22,26H,5-6,8-9,11H2. The predicted molar refractivity (Wildman–Crippen MR) is 105 cm³/mol. The Labute approximate surface area is 166 Å². The van der Waals surface area contributed by atoms with Gasteiger partial charge in [-0.1, -0.05) is 0 Å². The number of aliphatic hydroxyl groups is 1. The van der Waals surface area contributed by atoms with E-state index in [9.17, 15) is 14.1 Å². The SMILES string of the molecule is N=CN(CCNCc1ccc(C=O)o1)c1ccc(NCC(CO)ON=O)cc1F. The number of benzene rings is 1. The minimum absolute atomic E-state index is 0.0673. The molecule has 1 atom stereocenters. The fourth-order valence-corrected chi connectivity index (χ4v) is 2.50. The normalized spacial score (nSPS) is 11.5. The van der Waals surface area contributed by atoms with Gasteiger partial charge in [-0.2, -0.15) is 0 Å². The Hall–Kier alpha value is -3.31. The van der Waals surface area contributed by atoms with Crippen LogP contribution in [-0.4, -0.2) is 50.1 Å². The molecule has 0 fully saturated rings. The van der Waals surface area contributed by atoms with Crippen molar-refractivity contribution < 1.29 is 23.5 Å². The zero-order valence-corrected chi connectivity index (χ0v) is 15.5. The van der Waals surface area contributed by atoms with Crippen LogP contribution < -0.4 is 15.5 Å². The van der Waals surface area contributed by atoms with Crippen LogP contribution in [0.15, 0.2) is 40.1 Å². The topological polar surface area (TPSA) is 140 Å². The van der Waals surface area contributed by atoms with Crippen molar-refractivity contribution in [3.63, 3.8) is 0 Å². The number of nitrogens with one attached hydrogen (secondary N) is 3. The molecule has 1 unspecified atom stereocenters. The Morgan fingerprint density at radius 2 is 2.21 bits per heavy atom. The molecule has 1 aromatic heterocycles. The van der Waals surface area contributed by atoms with Crippen molar-refractivity contribution in [2.45, 2.75) is 12.6 Å². The van der Waals surface area contributed by atoms with Gasteiger partial charge in [0.05, 0.1) is 31.7 Å². The lowest BCUT2D eigenvalue weighted by Crippen LogP contribution is -2.31. The van der Waals surface area contributed by atoms with Crippen molar-refractivity contribution in [3.05, 3.63) is 52.6 Å². The van der Waals surface area contributed by atoms with Crippen LogP contribution in [0.5, 0.6) is 0 Å². The number of nitrogens with zero attached hydrogens (tertiary/aromatic N) is 2. The molecule has 0 amide bonds. The van der Waals surface area contributed by atoms with Gasteiger partial charge < -0.3 is 29.9 Å². The molecule has 2 aromatic rings. The van der Waals surface area contributed by atoms with Crippen LogP contribution in [0.2, 0.25) is 0 Å². The van der Waals surface area contributed by atoms with Gasteiger partial charge in [0.2, 0.25) is 0 Å². The molecule has 10 nitrogen and oxygen atoms in total. The van der Waals surface area contributed by atoms with E-state index in [0.29, 0.717) is 37.4 Å². The summed E-state index contributed by atoms with van der Waals surface area (Å²) in [5.41, 5.74) is 0.643. The lowest BCUT2D eigenvalue weighted by atomic mass is 10.2. The maximum absolute atomic E-state index is 14.5. The maximum atomic E-state index is 14.5. The lowest BCUT2D eigenvalue weighted by molar-refractivity contribution is 0.0223. The van der Waals surface area contributed by atoms with E-state index in [1.54, 1.807) is 18.2 Å². The van der Waals surface area contributed by atoms with E-state index in [4.69, 9.17) is 14.9 Å². The molecule has 0 bridgehead atoms. The molecule has 1 heterocycles. The van der Waals surface area contributed by atoms with E-state index >= 15 is 0 Å². The molecule has 0 aliphatic carbocycles. The molecule has 0 aliphatic heterocycles. The first-order chi connectivity index (χ1) is 14.1. The summed E-state index contributed by atoms with van der Waals surface area (Å²) in [5, 5.41) is 24.8. The van der Waals surface area contributed by atoms with E-state index < -0.39 is 18.5 Å². The Balaban J connectivity index is 1.86. The quantitative estimate of drug-likeness (QED) is 0.0930. The third-order valence-corrected chi connectivity index (χ3v) is 3.97. The number of anilines is 2. The van der Waals surface area contributed by atoms with Gasteiger partial charge in [-0.3, -0.25) is 10.2 Å². The van der Waals surface area contributed by atoms with Gasteiger partial charge in [0, 0.05) is 18.8 Å². The maximum Gasteiger partial charge on any atom is 0.185 e. The van der Waals surface area contributed by atoms with Crippen LogP contribution >= 0.6 is 0 Å². The van der Waals surface area contributed by atoms with Crippen molar-refractivity contribution in [1.29, 1.82) is 5.41 Å². The summed E-state index contributed by atoms with van der Waals surface area (Å²) in [6, 6.07) is 7.62. The summed E-state index contributed by atoms with van der Waals surface area (Å²) in [4.78, 5) is 26.5. The predicted octanol–water partition coefficient (Wildman–Crippen LogP) is 1.91. The molecule has 11 heteroatoms. The summed E-state index contributed by atoms with van der Waals surface area (Å²) in [6.45, 7) is 0.828. The van der Waals surface area contributed by atoms with Crippen LogP contribution in [-0.2, 0) is 11.4 Å². The highest BCUT2D eigenvalue weighted by Gasteiger charge is 2.13. The van der Waals surface area contributed by atoms with Gasteiger partial charge in [-0.15, -0.1) is 4.91 Å². The minimum Gasteiger partial charge on any atom is -0.457 e. The van der Waals surface area contributed by atoms with Crippen LogP contribution in [0.3, 0.4) is 0 Å². The summed E-state index contributed by atoms with van der Waals surface area (Å²) in [5.74, 6) is 0.304. The highest BCUT2D eigenvalue weighted by Crippen LogP contribution is 2.22. The second-order valence-electron chi connectivity index (χ2n) is 5.95. The highest BCUT2D eigenvalue weighted by molar-refractivity contribution is 5.78. The van der Waals surface area contributed by atoms with Gasteiger partial charge in [0.25, 0.3) is 0 Å².